The molecule has 1 aliphatic rings. The number of hydrogen-bond acceptors (Lipinski definition) is 7. The number of ether oxygens (including phenoxy) is 1. The number of nitrogens with one attached hydrogen (secondary N) is 1. The lowest BCUT2D eigenvalue weighted by molar-refractivity contribution is 0.246. The number of sulfonamides is 1. The number of H-pyrrole nitrogens is 1. The van der Waals surface area contributed by atoms with E-state index in [9.17, 15) is 8.42 Å². The summed E-state index contributed by atoms with van der Waals surface area (Å²) < 4.78 is 34.8. The highest BCUT2D eigenvalue weighted by atomic mass is 35.5. The second-order valence-electron chi connectivity index (χ2n) is 11.1. The number of halogens is 1. The maximum atomic E-state index is 12.6. The Morgan fingerprint density at radius 2 is 1.88 bits per heavy atom. The molecule has 0 atom stereocenters. The molecule has 0 bridgehead atoms. The summed E-state index contributed by atoms with van der Waals surface area (Å²) in [7, 11) is -3.19. The molecule has 0 aliphatic carbocycles. The quantitative estimate of drug-likeness (QED) is 0.241. The molecular weight excluding hydrogens is 562 g/mol. The highest BCUT2D eigenvalue weighted by Gasteiger charge is 2.28. The molecule has 0 amide bonds. The van der Waals surface area contributed by atoms with Gasteiger partial charge in [0.25, 0.3) is 0 Å². The molecule has 1 N–H and O–H groups in total. The van der Waals surface area contributed by atoms with E-state index >= 15 is 0 Å². The van der Waals surface area contributed by atoms with Crippen molar-refractivity contribution in [3.8, 4) is 22.8 Å². The summed E-state index contributed by atoms with van der Waals surface area (Å²) in [4.78, 5) is 17.0. The van der Waals surface area contributed by atoms with Crippen LogP contribution in [0.25, 0.3) is 33.3 Å². The molecule has 1 saturated heterocycles. The number of fused-ring (bicyclic) bond motifs is 2. The number of piperidine rings is 1. The minimum atomic E-state index is -3.19. The van der Waals surface area contributed by atoms with Crippen LogP contribution >= 0.6 is 11.6 Å². The molecule has 0 radical (unpaired) electrons. The van der Waals surface area contributed by atoms with E-state index in [0.717, 1.165) is 41.8 Å². The summed E-state index contributed by atoms with van der Waals surface area (Å²) in [6.07, 6.45) is 7.07. The molecule has 10 nitrogen and oxygen atoms in total. The van der Waals surface area contributed by atoms with Crippen molar-refractivity contribution >= 4 is 43.7 Å². The third-order valence-electron chi connectivity index (χ3n) is 7.30. The standard InChI is InChI=1S/C29H32ClN7O3S/c1-18(2)17-41(38,39)37-10-8-20(9-11-37)15-36-16-21(13-32-36)26-14-31-24-6-7-27(28(30)29(24)35-26)40-22-4-5-23-25(12-22)34-19(3)33-23/h4-7,12-14,16,18,20H,8-11,15,17H2,1-3H3,(H,33,34). The number of imidazole rings is 1. The van der Waals surface area contributed by atoms with Crippen molar-refractivity contribution in [2.24, 2.45) is 11.8 Å². The smallest absolute Gasteiger partial charge is 0.214 e. The van der Waals surface area contributed by atoms with E-state index in [1.165, 1.54) is 0 Å². The van der Waals surface area contributed by atoms with Crippen LogP contribution in [0.4, 0.5) is 0 Å². The summed E-state index contributed by atoms with van der Waals surface area (Å²) in [5.74, 6) is 2.63. The molecule has 5 aromatic rings. The van der Waals surface area contributed by atoms with Gasteiger partial charge in [0.05, 0.1) is 40.4 Å². The minimum absolute atomic E-state index is 0.120. The Bertz CT molecular complexity index is 1830. The van der Waals surface area contributed by atoms with Gasteiger partial charge in [-0.15, -0.1) is 0 Å². The number of aromatic amines is 1. The molecule has 6 rings (SSSR count). The van der Waals surface area contributed by atoms with Crippen LogP contribution in [0.3, 0.4) is 0 Å². The Morgan fingerprint density at radius 3 is 2.66 bits per heavy atom. The molecule has 0 saturated carbocycles. The lowest BCUT2D eigenvalue weighted by Gasteiger charge is -2.31. The second kappa shape index (κ2) is 11.0. The molecule has 1 fully saturated rings. The Balaban J connectivity index is 1.16. The molecule has 214 valence electrons. The van der Waals surface area contributed by atoms with E-state index in [1.807, 2.05) is 55.9 Å². The van der Waals surface area contributed by atoms with Crippen molar-refractivity contribution in [3.05, 3.63) is 59.8 Å². The fourth-order valence-electron chi connectivity index (χ4n) is 5.31. The van der Waals surface area contributed by atoms with Gasteiger partial charge < -0.3 is 9.72 Å². The zero-order chi connectivity index (χ0) is 28.7. The normalized spacial score (nSPS) is 15.3. The van der Waals surface area contributed by atoms with Gasteiger partial charge >= 0.3 is 0 Å². The number of aromatic nitrogens is 6. The van der Waals surface area contributed by atoms with Gasteiger partial charge in [-0.2, -0.15) is 5.10 Å². The molecule has 4 heterocycles. The first-order valence-corrected chi connectivity index (χ1v) is 15.7. The van der Waals surface area contributed by atoms with Crippen molar-refractivity contribution in [3.63, 3.8) is 0 Å². The van der Waals surface area contributed by atoms with Crippen molar-refractivity contribution < 1.29 is 13.2 Å². The molecule has 12 heteroatoms. The van der Waals surface area contributed by atoms with E-state index in [2.05, 4.69) is 20.1 Å². The fraction of sp³-hybridized carbons (Fsp3) is 0.379. The van der Waals surface area contributed by atoms with Crippen LogP contribution in [0.5, 0.6) is 11.5 Å². The fourth-order valence-corrected chi connectivity index (χ4v) is 7.37. The molecule has 3 aromatic heterocycles. The Hall–Kier alpha value is -3.54. The van der Waals surface area contributed by atoms with E-state index < -0.39 is 10.0 Å². The molecular formula is C29H32ClN7O3S. The van der Waals surface area contributed by atoms with Crippen LogP contribution in [-0.2, 0) is 16.6 Å². The van der Waals surface area contributed by atoms with Crippen LogP contribution in [-0.4, -0.2) is 61.3 Å². The molecule has 1 aliphatic heterocycles. The Labute approximate surface area is 243 Å². The first kappa shape index (κ1) is 27.6. The highest BCUT2D eigenvalue weighted by Crippen LogP contribution is 2.35. The van der Waals surface area contributed by atoms with E-state index in [1.54, 1.807) is 22.8 Å². The summed E-state index contributed by atoms with van der Waals surface area (Å²) in [6, 6.07) is 9.27. The van der Waals surface area contributed by atoms with Crippen LogP contribution in [0, 0.1) is 18.8 Å². The number of benzene rings is 2. The number of aryl methyl sites for hydroxylation is 1. The predicted octanol–water partition coefficient (Wildman–Crippen LogP) is 5.82. The van der Waals surface area contributed by atoms with Gasteiger partial charge in [0.2, 0.25) is 10.0 Å². The predicted molar refractivity (Wildman–Crippen MR) is 160 cm³/mol. The first-order chi connectivity index (χ1) is 19.6. The van der Waals surface area contributed by atoms with Crippen LogP contribution in [0.15, 0.2) is 48.9 Å². The van der Waals surface area contributed by atoms with Gasteiger partial charge in [-0.05, 0) is 55.9 Å². The SMILES string of the molecule is Cc1nc2ccc(Oc3ccc4ncc(-c5cnn(CC6CCN(S(=O)(=O)CC(C)C)CC6)c5)nc4c3Cl)cc2[nH]1. The third kappa shape index (κ3) is 5.93. The summed E-state index contributed by atoms with van der Waals surface area (Å²) >= 11 is 6.76. The topological polar surface area (TPSA) is 119 Å². The third-order valence-corrected chi connectivity index (χ3v) is 9.91. The summed E-state index contributed by atoms with van der Waals surface area (Å²) in [5, 5.41) is 4.93. The summed E-state index contributed by atoms with van der Waals surface area (Å²) in [5.41, 5.74) is 4.46. The van der Waals surface area contributed by atoms with E-state index in [4.69, 9.17) is 21.3 Å². The van der Waals surface area contributed by atoms with Gasteiger partial charge in [0.1, 0.15) is 27.9 Å². The largest absolute Gasteiger partial charge is 0.456 e. The van der Waals surface area contributed by atoms with Crippen LogP contribution < -0.4 is 4.74 Å². The molecule has 0 unspecified atom stereocenters. The lowest BCUT2D eigenvalue weighted by atomic mass is 9.98. The van der Waals surface area contributed by atoms with Gasteiger partial charge in [0, 0.05) is 37.5 Å². The Morgan fingerprint density at radius 1 is 1.10 bits per heavy atom. The van der Waals surface area contributed by atoms with Gasteiger partial charge in [-0.25, -0.2) is 22.7 Å². The number of hydrogen-bond donors (Lipinski definition) is 1. The van der Waals surface area contributed by atoms with Gasteiger partial charge in [0.15, 0.2) is 0 Å². The number of rotatable bonds is 8. The van der Waals surface area contributed by atoms with Crippen LogP contribution in [0.2, 0.25) is 5.02 Å². The zero-order valence-electron chi connectivity index (χ0n) is 23.2. The van der Waals surface area contributed by atoms with E-state index in [0.29, 0.717) is 52.3 Å². The van der Waals surface area contributed by atoms with Gasteiger partial charge in [-0.3, -0.25) is 9.67 Å². The zero-order valence-corrected chi connectivity index (χ0v) is 24.8. The van der Waals surface area contributed by atoms with Crippen molar-refractivity contribution in [2.45, 2.75) is 40.2 Å². The van der Waals surface area contributed by atoms with Crippen LogP contribution in [0.1, 0.15) is 32.5 Å². The van der Waals surface area contributed by atoms with Crippen molar-refractivity contribution in [1.82, 2.24) is 34.0 Å². The highest BCUT2D eigenvalue weighted by molar-refractivity contribution is 7.89. The minimum Gasteiger partial charge on any atom is -0.456 e. The average molecular weight is 594 g/mol. The average Bonchev–Trinajstić information content (AvgIpc) is 3.55. The monoisotopic (exact) mass is 593 g/mol. The first-order valence-electron chi connectivity index (χ1n) is 13.7. The maximum absolute atomic E-state index is 12.6. The molecule has 2 aromatic carbocycles. The number of nitrogens with zero attached hydrogens (tertiary/aromatic N) is 6. The van der Waals surface area contributed by atoms with E-state index in [-0.39, 0.29) is 11.7 Å². The Kier molecular flexibility index (Phi) is 7.43. The second-order valence-corrected chi connectivity index (χ2v) is 13.5. The maximum Gasteiger partial charge on any atom is 0.214 e. The molecule has 0 spiro atoms. The van der Waals surface area contributed by atoms with Crippen molar-refractivity contribution in [1.29, 1.82) is 0 Å². The molecule has 41 heavy (non-hydrogen) atoms. The lowest BCUT2D eigenvalue weighted by Crippen LogP contribution is -2.41. The summed E-state index contributed by atoms with van der Waals surface area (Å²) in [6.45, 7) is 7.62. The van der Waals surface area contributed by atoms with Gasteiger partial charge in [-0.1, -0.05) is 25.4 Å². The van der Waals surface area contributed by atoms with Crippen molar-refractivity contribution in [2.75, 3.05) is 18.8 Å².